The van der Waals surface area contributed by atoms with Crippen molar-refractivity contribution in [2.45, 2.75) is 12.8 Å². The number of hydrazine groups is 1. The summed E-state index contributed by atoms with van der Waals surface area (Å²) < 4.78 is 10.5. The van der Waals surface area contributed by atoms with E-state index in [2.05, 4.69) is 0 Å². The van der Waals surface area contributed by atoms with Crippen LogP contribution in [0.2, 0.25) is 10.0 Å². The molecule has 1 aliphatic carbocycles. The number of carbonyl (C=O) groups is 5. The van der Waals surface area contributed by atoms with Crippen molar-refractivity contribution in [3.63, 3.8) is 0 Å². The van der Waals surface area contributed by atoms with Crippen LogP contribution in [-0.2, 0) is 9.59 Å². The van der Waals surface area contributed by atoms with Crippen LogP contribution < -0.4 is 9.47 Å². The van der Waals surface area contributed by atoms with Gasteiger partial charge in [0.1, 0.15) is 18.0 Å². The quantitative estimate of drug-likeness (QED) is 0.111. The van der Waals surface area contributed by atoms with E-state index in [1.54, 1.807) is 18.2 Å². The van der Waals surface area contributed by atoms with Crippen molar-refractivity contribution in [3.8, 4) is 11.5 Å². The fraction of sp³-hybridized carbons (Fsp3) is 0.194. The number of hydrogen-bond donors (Lipinski definition) is 0. The standard InChI is InChI=1S/C31H24Cl2N2O7/c1-41-22-6-4-5-19(15-22)31(40)42-21-12-9-18(10-13-21)27(36)17-34(28(37)25-14-11-20(32)16-26(25)33)35-29(38)23-7-2-3-8-24(23)30(35)39/h2-6,9-16,23-24H,7-8,17H2,1H3/t23-,24-/m0/s1. The molecule has 0 aromatic heterocycles. The smallest absolute Gasteiger partial charge is 0.343 e. The molecule has 3 aromatic rings. The number of halogens is 2. The molecule has 0 radical (unpaired) electrons. The Hall–Kier alpha value is -4.47. The van der Waals surface area contributed by atoms with Crippen molar-refractivity contribution in [3.05, 3.63) is 106 Å². The number of ketones is 1. The van der Waals surface area contributed by atoms with Gasteiger partial charge in [0.25, 0.3) is 17.7 Å². The van der Waals surface area contributed by atoms with E-state index in [0.717, 1.165) is 10.0 Å². The highest BCUT2D eigenvalue weighted by molar-refractivity contribution is 6.36. The molecule has 214 valence electrons. The van der Waals surface area contributed by atoms with E-state index in [9.17, 15) is 24.0 Å². The second kappa shape index (κ2) is 12.2. The minimum atomic E-state index is -0.804. The molecular weight excluding hydrogens is 583 g/mol. The number of esters is 1. The maximum Gasteiger partial charge on any atom is 0.343 e. The summed E-state index contributed by atoms with van der Waals surface area (Å²) in [7, 11) is 1.48. The first-order valence-corrected chi connectivity index (χ1v) is 13.7. The molecule has 0 bridgehead atoms. The highest BCUT2D eigenvalue weighted by Crippen LogP contribution is 2.37. The van der Waals surface area contributed by atoms with Crippen LogP contribution in [0.1, 0.15) is 43.9 Å². The first-order chi connectivity index (χ1) is 20.2. The number of amides is 3. The minimum absolute atomic E-state index is 0.00494. The number of fused-ring (bicyclic) bond motifs is 1. The lowest BCUT2D eigenvalue weighted by molar-refractivity contribution is -0.154. The Labute approximate surface area is 251 Å². The zero-order valence-corrected chi connectivity index (χ0v) is 23.8. The van der Waals surface area contributed by atoms with Gasteiger partial charge in [0.05, 0.1) is 35.1 Å². The van der Waals surface area contributed by atoms with Crippen LogP contribution in [0.3, 0.4) is 0 Å². The van der Waals surface area contributed by atoms with Crippen LogP contribution in [0.15, 0.2) is 78.9 Å². The Morgan fingerprint density at radius 2 is 1.52 bits per heavy atom. The van der Waals surface area contributed by atoms with Gasteiger partial charge < -0.3 is 9.47 Å². The molecule has 11 heteroatoms. The first kappa shape index (κ1) is 29.0. The van der Waals surface area contributed by atoms with Gasteiger partial charge in [0, 0.05) is 10.6 Å². The number of carbonyl (C=O) groups excluding carboxylic acids is 5. The van der Waals surface area contributed by atoms with Crippen LogP contribution in [0.25, 0.3) is 0 Å². The van der Waals surface area contributed by atoms with E-state index in [0.29, 0.717) is 18.6 Å². The Kier molecular flexibility index (Phi) is 8.42. The second-order valence-electron chi connectivity index (χ2n) is 9.70. The van der Waals surface area contributed by atoms with Crippen molar-refractivity contribution in [1.82, 2.24) is 10.0 Å². The number of nitrogens with zero attached hydrogens (tertiary/aromatic N) is 2. The zero-order chi connectivity index (χ0) is 30.0. The Morgan fingerprint density at radius 3 is 2.14 bits per heavy atom. The topological polar surface area (TPSA) is 110 Å². The van der Waals surface area contributed by atoms with Crippen LogP contribution in [0, 0.1) is 11.8 Å². The molecule has 1 saturated heterocycles. The number of hydrogen-bond acceptors (Lipinski definition) is 7. The first-order valence-electron chi connectivity index (χ1n) is 13.0. The van der Waals surface area contributed by atoms with Crippen molar-refractivity contribution in [2.24, 2.45) is 11.8 Å². The number of imide groups is 1. The number of allylic oxidation sites excluding steroid dienone is 2. The highest BCUT2D eigenvalue weighted by Gasteiger charge is 2.51. The van der Waals surface area contributed by atoms with Gasteiger partial charge in [0.2, 0.25) is 0 Å². The van der Waals surface area contributed by atoms with E-state index in [4.69, 9.17) is 32.7 Å². The van der Waals surface area contributed by atoms with E-state index in [1.807, 2.05) is 12.2 Å². The SMILES string of the molecule is COc1cccc(C(=O)Oc2ccc(C(=O)CN(C(=O)c3ccc(Cl)cc3Cl)N3C(=O)[C@H]4CC=CC[C@@H]4C3=O)cc2)c1. The van der Waals surface area contributed by atoms with Gasteiger partial charge in [-0.3, -0.25) is 19.2 Å². The molecule has 3 amide bonds. The summed E-state index contributed by atoms with van der Waals surface area (Å²) in [6, 6.07) is 16.3. The van der Waals surface area contributed by atoms with Crippen LogP contribution in [-0.4, -0.2) is 53.1 Å². The maximum atomic E-state index is 13.7. The summed E-state index contributed by atoms with van der Waals surface area (Å²) in [6.07, 6.45) is 4.37. The average Bonchev–Trinajstić information content (AvgIpc) is 3.25. The number of Topliss-reactive ketones (excluding diaryl/α,β-unsaturated/α-hetero) is 1. The molecule has 0 spiro atoms. The molecule has 1 heterocycles. The van der Waals surface area contributed by atoms with Gasteiger partial charge in [-0.25, -0.2) is 9.80 Å². The van der Waals surface area contributed by atoms with Gasteiger partial charge in [0.15, 0.2) is 5.78 Å². The van der Waals surface area contributed by atoms with Gasteiger partial charge in [-0.2, -0.15) is 5.01 Å². The third kappa shape index (κ3) is 5.79. The van der Waals surface area contributed by atoms with Crippen LogP contribution in [0.5, 0.6) is 11.5 Å². The van der Waals surface area contributed by atoms with Crippen molar-refractivity contribution in [1.29, 1.82) is 0 Å². The van der Waals surface area contributed by atoms with Gasteiger partial charge in [-0.05, 0) is 73.5 Å². The lowest BCUT2D eigenvalue weighted by Crippen LogP contribution is -2.52. The minimum Gasteiger partial charge on any atom is -0.497 e. The van der Waals surface area contributed by atoms with Gasteiger partial charge >= 0.3 is 5.97 Å². The molecule has 1 aliphatic heterocycles. The van der Waals surface area contributed by atoms with Crippen LogP contribution in [0.4, 0.5) is 0 Å². The van der Waals surface area contributed by atoms with E-state index < -0.39 is 47.9 Å². The van der Waals surface area contributed by atoms with Gasteiger partial charge in [-0.1, -0.05) is 41.4 Å². The number of methoxy groups -OCH3 is 1. The van der Waals surface area contributed by atoms with E-state index in [1.165, 1.54) is 55.6 Å². The number of ether oxygens (including phenoxy) is 2. The zero-order valence-electron chi connectivity index (χ0n) is 22.3. The van der Waals surface area contributed by atoms with Crippen molar-refractivity contribution in [2.75, 3.05) is 13.7 Å². The van der Waals surface area contributed by atoms with Crippen molar-refractivity contribution < 1.29 is 33.4 Å². The molecule has 1 fully saturated rings. The monoisotopic (exact) mass is 606 g/mol. The molecular formula is C31H24Cl2N2O7. The molecule has 2 atom stereocenters. The molecule has 5 rings (SSSR count). The summed E-state index contributed by atoms with van der Waals surface area (Å²) in [6.45, 7) is -0.620. The molecule has 2 aliphatic rings. The Morgan fingerprint density at radius 1 is 0.857 bits per heavy atom. The molecule has 42 heavy (non-hydrogen) atoms. The third-order valence-corrected chi connectivity index (χ3v) is 7.66. The summed E-state index contributed by atoms with van der Waals surface area (Å²) in [4.78, 5) is 66.3. The maximum absolute atomic E-state index is 13.7. The summed E-state index contributed by atoms with van der Waals surface area (Å²) in [5, 5.41) is 1.91. The second-order valence-corrected chi connectivity index (χ2v) is 10.5. The summed E-state index contributed by atoms with van der Waals surface area (Å²) in [5.41, 5.74) is 0.414. The molecule has 0 N–H and O–H groups in total. The lowest BCUT2D eigenvalue weighted by atomic mass is 9.85. The normalized spacial score (nSPS) is 17.5. The molecule has 9 nitrogen and oxygen atoms in total. The molecule has 0 unspecified atom stereocenters. The molecule has 0 saturated carbocycles. The summed E-state index contributed by atoms with van der Waals surface area (Å²) in [5.74, 6) is -3.65. The predicted octanol–water partition coefficient (Wildman–Crippen LogP) is 5.41. The average molecular weight is 607 g/mol. The highest BCUT2D eigenvalue weighted by atomic mass is 35.5. The largest absolute Gasteiger partial charge is 0.497 e. The van der Waals surface area contributed by atoms with E-state index >= 15 is 0 Å². The Bertz CT molecular complexity index is 1590. The molecule has 3 aromatic carbocycles. The lowest BCUT2D eigenvalue weighted by Gasteiger charge is -2.30. The third-order valence-electron chi connectivity index (χ3n) is 7.11. The fourth-order valence-corrected chi connectivity index (χ4v) is 5.40. The van der Waals surface area contributed by atoms with Crippen molar-refractivity contribution >= 4 is 52.7 Å². The number of rotatable bonds is 8. The Balaban J connectivity index is 1.38. The van der Waals surface area contributed by atoms with E-state index in [-0.39, 0.29) is 32.5 Å². The summed E-state index contributed by atoms with van der Waals surface area (Å²) >= 11 is 12.3. The predicted molar refractivity (Wildman–Crippen MR) is 153 cm³/mol. The van der Waals surface area contributed by atoms with Crippen LogP contribution >= 0.6 is 23.2 Å². The number of benzene rings is 3. The fourth-order valence-electron chi connectivity index (χ4n) is 4.91. The van der Waals surface area contributed by atoms with Gasteiger partial charge in [-0.15, -0.1) is 0 Å².